The average molecular weight is 263 g/mol. The summed E-state index contributed by atoms with van der Waals surface area (Å²) in [4.78, 5) is 0. The highest BCUT2D eigenvalue weighted by Crippen LogP contribution is 2.18. The molecule has 2 N–H and O–H groups in total. The van der Waals surface area contributed by atoms with Crippen molar-refractivity contribution in [3.63, 3.8) is 0 Å². The summed E-state index contributed by atoms with van der Waals surface area (Å²) in [5.74, 6) is 0. The first-order chi connectivity index (χ1) is 8.24. The van der Waals surface area contributed by atoms with E-state index in [1.54, 1.807) is 14.2 Å². The molecule has 0 saturated heterocycles. The lowest BCUT2D eigenvalue weighted by molar-refractivity contribution is 0.100. The normalized spacial score (nSPS) is 12.0. The molecule has 0 fully saturated rings. The standard InChI is InChI=1S/C12H29NO3Si/c1-4-5-6-7-8-9-12-17(14-2,15-3)16-11-10-13/h4-13H2,1-3H3. The lowest BCUT2D eigenvalue weighted by Crippen LogP contribution is -2.44. The molecular formula is C12H29NO3Si. The number of hydrogen-bond donors (Lipinski definition) is 1. The molecule has 4 nitrogen and oxygen atoms in total. The number of nitrogens with two attached hydrogens (primary N) is 1. The van der Waals surface area contributed by atoms with Crippen LogP contribution < -0.4 is 5.73 Å². The van der Waals surface area contributed by atoms with Crippen molar-refractivity contribution in [2.75, 3.05) is 27.4 Å². The Labute approximate surface area is 107 Å². The second-order valence-electron chi connectivity index (χ2n) is 4.25. The van der Waals surface area contributed by atoms with E-state index in [9.17, 15) is 0 Å². The zero-order valence-electron chi connectivity index (χ0n) is 11.7. The van der Waals surface area contributed by atoms with Gasteiger partial charge in [0.15, 0.2) is 0 Å². The molecule has 0 radical (unpaired) electrons. The Morgan fingerprint density at radius 3 is 2.06 bits per heavy atom. The molecule has 0 heterocycles. The summed E-state index contributed by atoms with van der Waals surface area (Å²) in [5.41, 5.74) is 5.44. The molecule has 0 aromatic carbocycles. The van der Waals surface area contributed by atoms with E-state index in [-0.39, 0.29) is 0 Å². The second-order valence-corrected chi connectivity index (χ2v) is 7.22. The van der Waals surface area contributed by atoms with Gasteiger partial charge in [0, 0.05) is 26.8 Å². The first kappa shape index (κ1) is 17.1. The monoisotopic (exact) mass is 263 g/mol. The third kappa shape index (κ3) is 7.89. The maximum absolute atomic E-state index is 5.67. The van der Waals surface area contributed by atoms with Crippen LogP contribution in [0.25, 0.3) is 0 Å². The zero-order valence-corrected chi connectivity index (χ0v) is 12.7. The molecular weight excluding hydrogens is 234 g/mol. The van der Waals surface area contributed by atoms with E-state index in [0.717, 1.165) is 12.5 Å². The smallest absolute Gasteiger partial charge is 0.377 e. The Kier molecular flexibility index (Phi) is 11.2. The fourth-order valence-corrected chi connectivity index (χ4v) is 3.88. The molecule has 0 aliphatic carbocycles. The molecule has 104 valence electrons. The summed E-state index contributed by atoms with van der Waals surface area (Å²) in [7, 11) is 0.927. The van der Waals surface area contributed by atoms with Gasteiger partial charge in [-0.2, -0.15) is 0 Å². The van der Waals surface area contributed by atoms with Crippen LogP contribution in [0.4, 0.5) is 0 Å². The molecule has 0 atom stereocenters. The second kappa shape index (κ2) is 11.2. The molecule has 0 aliphatic rings. The van der Waals surface area contributed by atoms with Crippen molar-refractivity contribution in [3.05, 3.63) is 0 Å². The summed E-state index contributed by atoms with van der Waals surface area (Å²) in [5, 5.41) is 0. The van der Waals surface area contributed by atoms with Gasteiger partial charge in [-0.25, -0.2) is 0 Å². The third-order valence-electron chi connectivity index (χ3n) is 2.90. The van der Waals surface area contributed by atoms with Gasteiger partial charge in [-0.3, -0.25) is 0 Å². The summed E-state index contributed by atoms with van der Waals surface area (Å²) in [6, 6.07) is 0.895. The van der Waals surface area contributed by atoms with Crippen LogP contribution in [0.15, 0.2) is 0 Å². The summed E-state index contributed by atoms with van der Waals surface area (Å²) in [6.45, 7) is 3.26. The molecule has 0 unspecified atom stereocenters. The van der Waals surface area contributed by atoms with Crippen molar-refractivity contribution in [2.45, 2.75) is 51.5 Å². The highest BCUT2D eigenvalue weighted by atomic mass is 28.4. The summed E-state index contributed by atoms with van der Waals surface area (Å²) >= 11 is 0. The Morgan fingerprint density at radius 2 is 1.53 bits per heavy atom. The van der Waals surface area contributed by atoms with Crippen LogP contribution in [0.2, 0.25) is 6.04 Å². The van der Waals surface area contributed by atoms with Gasteiger partial charge in [-0.15, -0.1) is 0 Å². The van der Waals surface area contributed by atoms with E-state index in [2.05, 4.69) is 6.92 Å². The lowest BCUT2D eigenvalue weighted by Gasteiger charge is -2.26. The van der Waals surface area contributed by atoms with Crippen molar-refractivity contribution >= 4 is 8.80 Å². The average Bonchev–Trinajstić information content (AvgIpc) is 2.38. The Bertz CT molecular complexity index is 166. The molecule has 0 rings (SSSR count). The maximum Gasteiger partial charge on any atom is 0.500 e. The highest BCUT2D eigenvalue weighted by Gasteiger charge is 2.37. The largest absolute Gasteiger partial charge is 0.500 e. The predicted molar refractivity (Wildman–Crippen MR) is 73.0 cm³/mol. The Balaban J connectivity index is 3.75. The predicted octanol–water partition coefficient (Wildman–Crippen LogP) is 2.55. The lowest BCUT2D eigenvalue weighted by atomic mass is 10.1. The van der Waals surface area contributed by atoms with Crippen molar-refractivity contribution in [1.29, 1.82) is 0 Å². The molecule has 17 heavy (non-hydrogen) atoms. The van der Waals surface area contributed by atoms with E-state index < -0.39 is 8.80 Å². The van der Waals surface area contributed by atoms with Gasteiger partial charge in [0.1, 0.15) is 0 Å². The first-order valence-electron chi connectivity index (χ1n) is 6.69. The van der Waals surface area contributed by atoms with E-state index >= 15 is 0 Å². The van der Waals surface area contributed by atoms with Gasteiger partial charge in [-0.1, -0.05) is 39.0 Å². The molecule has 0 saturated carbocycles. The van der Waals surface area contributed by atoms with Gasteiger partial charge >= 0.3 is 8.80 Å². The quantitative estimate of drug-likeness (QED) is 0.434. The van der Waals surface area contributed by atoms with Crippen molar-refractivity contribution in [3.8, 4) is 0 Å². The molecule has 0 aliphatic heterocycles. The first-order valence-corrected chi connectivity index (χ1v) is 8.62. The molecule has 0 amide bonds. The number of rotatable bonds is 12. The van der Waals surface area contributed by atoms with E-state index in [0.29, 0.717) is 13.2 Å². The van der Waals surface area contributed by atoms with Gasteiger partial charge in [0.25, 0.3) is 0 Å². The van der Waals surface area contributed by atoms with E-state index in [1.165, 1.54) is 32.1 Å². The highest BCUT2D eigenvalue weighted by molar-refractivity contribution is 6.60. The molecule has 5 heteroatoms. The van der Waals surface area contributed by atoms with Crippen LogP contribution in [-0.4, -0.2) is 36.2 Å². The minimum absolute atomic E-state index is 0.512. The Hall–Kier alpha value is 0.0569. The van der Waals surface area contributed by atoms with Crippen LogP contribution >= 0.6 is 0 Å². The molecule has 0 aromatic heterocycles. The minimum atomic E-state index is -2.41. The van der Waals surface area contributed by atoms with Crippen molar-refractivity contribution in [2.24, 2.45) is 5.73 Å². The van der Waals surface area contributed by atoms with Gasteiger partial charge in [0.2, 0.25) is 0 Å². The van der Waals surface area contributed by atoms with Gasteiger partial charge in [0.05, 0.1) is 6.61 Å². The maximum atomic E-state index is 5.67. The van der Waals surface area contributed by atoms with Gasteiger partial charge < -0.3 is 19.0 Å². The van der Waals surface area contributed by atoms with E-state index in [1.807, 2.05) is 0 Å². The van der Waals surface area contributed by atoms with E-state index in [4.69, 9.17) is 19.0 Å². The third-order valence-corrected chi connectivity index (χ3v) is 5.75. The topological polar surface area (TPSA) is 53.7 Å². The fraction of sp³-hybridized carbons (Fsp3) is 1.00. The zero-order chi connectivity index (χ0) is 13.0. The van der Waals surface area contributed by atoms with Crippen LogP contribution in [0.3, 0.4) is 0 Å². The van der Waals surface area contributed by atoms with Crippen LogP contribution in [0.5, 0.6) is 0 Å². The molecule has 0 bridgehead atoms. The minimum Gasteiger partial charge on any atom is -0.377 e. The number of unbranched alkanes of at least 4 members (excludes halogenated alkanes) is 5. The fourth-order valence-electron chi connectivity index (χ4n) is 1.81. The van der Waals surface area contributed by atoms with Crippen LogP contribution in [0.1, 0.15) is 45.4 Å². The van der Waals surface area contributed by atoms with Crippen molar-refractivity contribution in [1.82, 2.24) is 0 Å². The summed E-state index contributed by atoms with van der Waals surface area (Å²) < 4.78 is 16.6. The van der Waals surface area contributed by atoms with Gasteiger partial charge in [-0.05, 0) is 6.42 Å². The van der Waals surface area contributed by atoms with Crippen LogP contribution in [-0.2, 0) is 13.3 Å². The SMILES string of the molecule is CCCCCCCC[Si](OC)(OC)OCCN. The molecule has 0 aromatic rings. The Morgan fingerprint density at radius 1 is 0.941 bits per heavy atom. The molecule has 0 spiro atoms. The van der Waals surface area contributed by atoms with Crippen LogP contribution in [0, 0.1) is 0 Å². The summed E-state index contributed by atoms with van der Waals surface area (Å²) in [6.07, 6.45) is 7.59. The number of hydrogen-bond acceptors (Lipinski definition) is 4. The van der Waals surface area contributed by atoms with Crippen molar-refractivity contribution < 1.29 is 13.3 Å².